The summed E-state index contributed by atoms with van der Waals surface area (Å²) in [5.74, 6) is 1.64. The number of carbonyl (C=O) groups excluding carboxylic acids is 1. The summed E-state index contributed by atoms with van der Waals surface area (Å²) < 4.78 is 0. The number of likely N-dealkylation sites (tertiary alicyclic amines) is 1. The van der Waals surface area contributed by atoms with Crippen LogP contribution in [0, 0.1) is 12.8 Å². The van der Waals surface area contributed by atoms with E-state index in [1.807, 2.05) is 37.1 Å². The highest BCUT2D eigenvalue weighted by molar-refractivity contribution is 7.13. The molecule has 24 heavy (non-hydrogen) atoms. The van der Waals surface area contributed by atoms with Crippen molar-refractivity contribution < 1.29 is 4.79 Å². The molecular weight excluding hydrogens is 322 g/mol. The van der Waals surface area contributed by atoms with E-state index >= 15 is 0 Å². The van der Waals surface area contributed by atoms with Gasteiger partial charge in [0.1, 0.15) is 11.6 Å². The minimum atomic E-state index is 0.00134. The van der Waals surface area contributed by atoms with Gasteiger partial charge in [-0.3, -0.25) is 4.79 Å². The lowest BCUT2D eigenvalue weighted by Gasteiger charge is -2.36. The third-order valence-corrected chi connectivity index (χ3v) is 4.83. The van der Waals surface area contributed by atoms with E-state index in [1.54, 1.807) is 6.20 Å². The number of nitrogens with one attached hydrogen (secondary N) is 1. The second kappa shape index (κ2) is 7.25. The molecule has 1 aliphatic heterocycles. The van der Waals surface area contributed by atoms with Gasteiger partial charge in [0.05, 0.1) is 11.7 Å². The fraction of sp³-hybridized carbons (Fsp3) is 0.529. The van der Waals surface area contributed by atoms with Crippen molar-refractivity contribution in [3.05, 3.63) is 29.2 Å². The van der Waals surface area contributed by atoms with E-state index in [0.29, 0.717) is 5.82 Å². The Morgan fingerprint density at radius 1 is 1.38 bits per heavy atom. The van der Waals surface area contributed by atoms with Crippen LogP contribution in [0.3, 0.4) is 0 Å². The summed E-state index contributed by atoms with van der Waals surface area (Å²) in [5.41, 5.74) is 0.912. The van der Waals surface area contributed by atoms with Gasteiger partial charge in [0.25, 0.3) is 0 Å². The molecule has 1 atom stereocenters. The predicted octanol–water partition coefficient (Wildman–Crippen LogP) is 3.69. The molecule has 1 aliphatic rings. The molecule has 6 nitrogen and oxygen atoms in total. The van der Waals surface area contributed by atoms with E-state index in [1.165, 1.54) is 11.3 Å². The maximum atomic E-state index is 12.6. The zero-order valence-electron chi connectivity index (χ0n) is 14.3. The molecule has 7 heteroatoms. The molecule has 0 bridgehead atoms. The molecule has 3 rings (SSSR count). The number of aryl methyl sites for hydroxylation is 1. The molecule has 1 amide bonds. The Morgan fingerprint density at radius 3 is 2.92 bits per heavy atom. The van der Waals surface area contributed by atoms with Crippen molar-refractivity contribution in [3.63, 3.8) is 0 Å². The van der Waals surface area contributed by atoms with E-state index < -0.39 is 0 Å². The number of carbonyl (C=O) groups is 1. The van der Waals surface area contributed by atoms with Gasteiger partial charge in [0.2, 0.25) is 5.91 Å². The van der Waals surface area contributed by atoms with Gasteiger partial charge in [-0.15, -0.1) is 11.3 Å². The zero-order valence-corrected chi connectivity index (χ0v) is 15.1. The summed E-state index contributed by atoms with van der Waals surface area (Å²) in [4.78, 5) is 27.9. The molecule has 1 N–H and O–H groups in total. The number of anilines is 2. The number of hydrogen-bond acceptors (Lipinski definition) is 6. The maximum Gasteiger partial charge on any atom is 0.225 e. The summed E-state index contributed by atoms with van der Waals surface area (Å²) in [6.07, 6.45) is 4.88. The molecule has 0 unspecified atom stereocenters. The molecular formula is C17H23N5OS. The average Bonchev–Trinajstić information content (AvgIpc) is 3.06. The Hall–Kier alpha value is -2.02. The van der Waals surface area contributed by atoms with Gasteiger partial charge in [-0.1, -0.05) is 13.8 Å². The molecule has 0 aliphatic carbocycles. The van der Waals surface area contributed by atoms with Crippen LogP contribution in [0.2, 0.25) is 0 Å². The molecule has 2 aromatic heterocycles. The van der Waals surface area contributed by atoms with E-state index in [4.69, 9.17) is 0 Å². The number of nitrogens with zero attached hydrogens (tertiary/aromatic N) is 4. The van der Waals surface area contributed by atoms with Crippen molar-refractivity contribution in [3.8, 4) is 0 Å². The van der Waals surface area contributed by atoms with E-state index in [0.717, 1.165) is 42.5 Å². The fourth-order valence-electron chi connectivity index (χ4n) is 3.05. The molecule has 128 valence electrons. The number of hydrogen-bond donors (Lipinski definition) is 1. The highest BCUT2D eigenvalue weighted by Gasteiger charge is 2.30. The van der Waals surface area contributed by atoms with Crippen molar-refractivity contribution in [2.45, 2.75) is 46.1 Å². The molecule has 0 saturated carbocycles. The third kappa shape index (κ3) is 3.72. The molecule has 3 heterocycles. The Kier molecular flexibility index (Phi) is 5.08. The smallest absolute Gasteiger partial charge is 0.225 e. The van der Waals surface area contributed by atoms with Crippen LogP contribution in [0.4, 0.5) is 10.9 Å². The van der Waals surface area contributed by atoms with Crippen LogP contribution in [0.25, 0.3) is 0 Å². The number of thiazole rings is 1. The van der Waals surface area contributed by atoms with Crippen LogP contribution in [0.15, 0.2) is 17.6 Å². The van der Waals surface area contributed by atoms with Crippen molar-refractivity contribution in [2.75, 3.05) is 11.9 Å². The Bertz CT molecular complexity index is 701. The standard InChI is InChI=1S/C17H23N5OS/c1-11(2)16(23)22-8-5-4-6-14(22)13-10-15(20-12(3)19-13)21-17-18-7-9-24-17/h7,9-11,14H,4-6,8H2,1-3H3,(H,18,19,20,21)/t14-/m0/s1. The van der Waals surface area contributed by atoms with Gasteiger partial charge in [0.15, 0.2) is 5.13 Å². The van der Waals surface area contributed by atoms with Gasteiger partial charge < -0.3 is 10.2 Å². The first-order chi connectivity index (χ1) is 11.5. The molecule has 2 aromatic rings. The van der Waals surface area contributed by atoms with Crippen molar-refractivity contribution in [1.29, 1.82) is 0 Å². The predicted molar refractivity (Wildman–Crippen MR) is 95.3 cm³/mol. The second-order valence-electron chi connectivity index (χ2n) is 6.39. The van der Waals surface area contributed by atoms with Crippen molar-refractivity contribution in [1.82, 2.24) is 19.9 Å². The SMILES string of the molecule is Cc1nc(Nc2nccs2)cc([C@@H]2CCCCN2C(=O)C(C)C)n1. The van der Waals surface area contributed by atoms with Gasteiger partial charge in [-0.05, 0) is 26.2 Å². The van der Waals surface area contributed by atoms with E-state index in [2.05, 4.69) is 20.3 Å². The highest BCUT2D eigenvalue weighted by atomic mass is 32.1. The van der Waals surface area contributed by atoms with Gasteiger partial charge >= 0.3 is 0 Å². The number of aromatic nitrogens is 3. The summed E-state index contributed by atoms with van der Waals surface area (Å²) in [7, 11) is 0. The lowest BCUT2D eigenvalue weighted by atomic mass is 9.97. The normalized spacial score (nSPS) is 18.0. The van der Waals surface area contributed by atoms with Gasteiger partial charge in [-0.25, -0.2) is 15.0 Å². The van der Waals surface area contributed by atoms with Crippen LogP contribution in [0.1, 0.15) is 50.7 Å². The lowest BCUT2D eigenvalue weighted by molar-refractivity contribution is -0.138. The minimum Gasteiger partial charge on any atom is -0.334 e. The van der Waals surface area contributed by atoms with Crippen molar-refractivity contribution >= 4 is 28.2 Å². The molecule has 0 aromatic carbocycles. The van der Waals surface area contributed by atoms with Crippen molar-refractivity contribution in [2.24, 2.45) is 5.92 Å². The first-order valence-electron chi connectivity index (χ1n) is 8.37. The lowest BCUT2D eigenvalue weighted by Crippen LogP contribution is -2.41. The average molecular weight is 345 g/mol. The van der Waals surface area contributed by atoms with Crippen LogP contribution in [-0.4, -0.2) is 32.3 Å². The third-order valence-electron chi connectivity index (χ3n) is 4.15. The minimum absolute atomic E-state index is 0.00134. The first-order valence-corrected chi connectivity index (χ1v) is 9.25. The van der Waals surface area contributed by atoms with E-state index in [9.17, 15) is 4.79 Å². The summed E-state index contributed by atoms with van der Waals surface area (Å²) in [5, 5.41) is 5.95. The molecule has 0 radical (unpaired) electrons. The summed E-state index contributed by atoms with van der Waals surface area (Å²) in [6, 6.07) is 1.98. The number of piperidine rings is 1. The van der Waals surface area contributed by atoms with E-state index in [-0.39, 0.29) is 17.9 Å². The zero-order chi connectivity index (χ0) is 17.1. The largest absolute Gasteiger partial charge is 0.334 e. The molecule has 0 spiro atoms. The molecule has 1 fully saturated rings. The Balaban J connectivity index is 1.88. The number of amides is 1. The quantitative estimate of drug-likeness (QED) is 0.915. The van der Waals surface area contributed by atoms with Crippen LogP contribution >= 0.6 is 11.3 Å². The van der Waals surface area contributed by atoms with Crippen LogP contribution < -0.4 is 5.32 Å². The fourth-order valence-corrected chi connectivity index (χ4v) is 3.59. The highest BCUT2D eigenvalue weighted by Crippen LogP contribution is 2.32. The van der Waals surface area contributed by atoms with Crippen LogP contribution in [-0.2, 0) is 4.79 Å². The second-order valence-corrected chi connectivity index (χ2v) is 7.28. The monoisotopic (exact) mass is 345 g/mol. The van der Waals surface area contributed by atoms with Gasteiger partial charge in [-0.2, -0.15) is 0 Å². The Morgan fingerprint density at radius 2 is 2.21 bits per heavy atom. The van der Waals surface area contributed by atoms with Gasteiger partial charge in [0, 0.05) is 30.1 Å². The summed E-state index contributed by atoms with van der Waals surface area (Å²) >= 11 is 1.53. The number of rotatable bonds is 4. The molecule has 1 saturated heterocycles. The first kappa shape index (κ1) is 16.8. The topological polar surface area (TPSA) is 71.0 Å². The maximum absolute atomic E-state index is 12.6. The summed E-state index contributed by atoms with van der Waals surface area (Å²) in [6.45, 7) is 6.59. The van der Waals surface area contributed by atoms with Crippen LogP contribution in [0.5, 0.6) is 0 Å². The Labute approximate surface area is 146 Å².